The van der Waals surface area contributed by atoms with Crippen LogP contribution in [0.3, 0.4) is 0 Å². The molecule has 94 valence electrons. The Morgan fingerprint density at radius 1 is 1.35 bits per heavy atom. The van der Waals surface area contributed by atoms with E-state index in [1.807, 2.05) is 20.0 Å². The second-order valence-electron chi connectivity index (χ2n) is 4.99. The SMILES string of the molecule is Cc1cnc(C)c(N(C)CC2CCNCC2)n1. The first kappa shape index (κ1) is 12.3. The van der Waals surface area contributed by atoms with Crippen LogP contribution in [0.2, 0.25) is 0 Å². The summed E-state index contributed by atoms with van der Waals surface area (Å²) in [5.74, 6) is 1.81. The van der Waals surface area contributed by atoms with Crippen molar-refractivity contribution >= 4 is 5.82 Å². The van der Waals surface area contributed by atoms with Gasteiger partial charge in [-0.2, -0.15) is 0 Å². The molecular formula is C13H22N4. The number of nitrogens with zero attached hydrogens (tertiary/aromatic N) is 3. The third-order valence-electron chi connectivity index (χ3n) is 3.40. The predicted octanol–water partition coefficient (Wildman–Crippen LogP) is 1.53. The number of aromatic nitrogens is 2. The summed E-state index contributed by atoms with van der Waals surface area (Å²) < 4.78 is 0. The minimum atomic E-state index is 0.781. The highest BCUT2D eigenvalue weighted by Gasteiger charge is 2.17. The third-order valence-corrected chi connectivity index (χ3v) is 3.40. The normalized spacial score (nSPS) is 17.1. The molecule has 0 spiro atoms. The number of aryl methyl sites for hydroxylation is 2. The predicted molar refractivity (Wildman–Crippen MR) is 70.4 cm³/mol. The number of hydrogen-bond donors (Lipinski definition) is 1. The largest absolute Gasteiger partial charge is 0.358 e. The van der Waals surface area contributed by atoms with Gasteiger partial charge in [-0.05, 0) is 45.7 Å². The van der Waals surface area contributed by atoms with Gasteiger partial charge in [0, 0.05) is 19.8 Å². The zero-order valence-electron chi connectivity index (χ0n) is 11.0. The average Bonchev–Trinajstić information content (AvgIpc) is 2.33. The maximum atomic E-state index is 4.59. The Hall–Kier alpha value is -1.16. The molecule has 0 radical (unpaired) electrons. The number of rotatable bonds is 3. The molecule has 1 fully saturated rings. The van der Waals surface area contributed by atoms with Crippen molar-refractivity contribution in [1.29, 1.82) is 0 Å². The molecule has 2 heterocycles. The van der Waals surface area contributed by atoms with Crippen molar-refractivity contribution in [3.05, 3.63) is 17.6 Å². The van der Waals surface area contributed by atoms with E-state index in [4.69, 9.17) is 0 Å². The Kier molecular flexibility index (Phi) is 3.94. The number of anilines is 1. The van der Waals surface area contributed by atoms with Crippen LogP contribution in [0.15, 0.2) is 6.20 Å². The molecule has 1 aliphatic rings. The maximum absolute atomic E-state index is 4.59. The van der Waals surface area contributed by atoms with Crippen molar-refractivity contribution < 1.29 is 0 Å². The first-order valence-electron chi connectivity index (χ1n) is 6.39. The lowest BCUT2D eigenvalue weighted by molar-refractivity contribution is 0.377. The van der Waals surface area contributed by atoms with Gasteiger partial charge in [-0.15, -0.1) is 0 Å². The Morgan fingerprint density at radius 2 is 2.06 bits per heavy atom. The Balaban J connectivity index is 2.02. The summed E-state index contributed by atoms with van der Waals surface area (Å²) >= 11 is 0. The minimum Gasteiger partial charge on any atom is -0.358 e. The lowest BCUT2D eigenvalue weighted by atomic mass is 9.98. The van der Waals surface area contributed by atoms with Gasteiger partial charge >= 0.3 is 0 Å². The van der Waals surface area contributed by atoms with Crippen LogP contribution in [0.25, 0.3) is 0 Å². The fourth-order valence-corrected chi connectivity index (χ4v) is 2.42. The van der Waals surface area contributed by atoms with Crippen LogP contribution in [0.4, 0.5) is 5.82 Å². The van der Waals surface area contributed by atoms with E-state index in [1.54, 1.807) is 0 Å². The molecule has 1 aromatic heterocycles. The second-order valence-corrected chi connectivity index (χ2v) is 4.99. The molecule has 1 saturated heterocycles. The summed E-state index contributed by atoms with van der Waals surface area (Å²) in [6, 6.07) is 0. The van der Waals surface area contributed by atoms with Gasteiger partial charge in [0.1, 0.15) is 5.82 Å². The number of piperidine rings is 1. The summed E-state index contributed by atoms with van der Waals surface area (Å²) in [6.45, 7) is 7.41. The monoisotopic (exact) mass is 234 g/mol. The standard InChI is InChI=1S/C13H22N4/c1-10-8-15-11(2)13(16-10)17(3)9-12-4-6-14-7-5-12/h8,12,14H,4-7,9H2,1-3H3. The molecule has 4 nitrogen and oxygen atoms in total. The van der Waals surface area contributed by atoms with E-state index >= 15 is 0 Å². The minimum absolute atomic E-state index is 0.781. The van der Waals surface area contributed by atoms with E-state index in [1.165, 1.54) is 12.8 Å². The Morgan fingerprint density at radius 3 is 2.76 bits per heavy atom. The number of hydrogen-bond acceptors (Lipinski definition) is 4. The molecule has 4 heteroatoms. The highest BCUT2D eigenvalue weighted by Crippen LogP contribution is 2.18. The van der Waals surface area contributed by atoms with Crippen LogP contribution in [-0.4, -0.2) is 36.6 Å². The lowest BCUT2D eigenvalue weighted by Crippen LogP contribution is -2.35. The smallest absolute Gasteiger partial charge is 0.150 e. The molecule has 0 unspecified atom stereocenters. The van der Waals surface area contributed by atoms with E-state index < -0.39 is 0 Å². The van der Waals surface area contributed by atoms with Gasteiger partial charge < -0.3 is 10.2 Å². The summed E-state index contributed by atoms with van der Waals surface area (Å²) in [7, 11) is 2.12. The van der Waals surface area contributed by atoms with Gasteiger partial charge in [0.2, 0.25) is 0 Å². The van der Waals surface area contributed by atoms with Gasteiger partial charge in [-0.1, -0.05) is 0 Å². The van der Waals surface area contributed by atoms with Crippen molar-refractivity contribution in [3.63, 3.8) is 0 Å². The van der Waals surface area contributed by atoms with E-state index in [0.29, 0.717) is 0 Å². The second kappa shape index (κ2) is 5.45. The van der Waals surface area contributed by atoms with E-state index in [0.717, 1.165) is 42.8 Å². The van der Waals surface area contributed by atoms with Crippen molar-refractivity contribution in [2.75, 3.05) is 31.6 Å². The van der Waals surface area contributed by atoms with Crippen molar-refractivity contribution in [1.82, 2.24) is 15.3 Å². The summed E-state index contributed by atoms with van der Waals surface area (Å²) in [6.07, 6.45) is 4.36. The highest BCUT2D eigenvalue weighted by atomic mass is 15.2. The van der Waals surface area contributed by atoms with Crippen LogP contribution in [-0.2, 0) is 0 Å². The summed E-state index contributed by atoms with van der Waals surface area (Å²) in [4.78, 5) is 11.2. The van der Waals surface area contributed by atoms with Gasteiger partial charge in [0.15, 0.2) is 0 Å². The molecule has 0 atom stereocenters. The molecule has 1 aromatic rings. The molecule has 0 amide bonds. The van der Waals surface area contributed by atoms with Gasteiger partial charge in [0.25, 0.3) is 0 Å². The van der Waals surface area contributed by atoms with Crippen LogP contribution in [0.5, 0.6) is 0 Å². The third kappa shape index (κ3) is 3.16. The zero-order valence-corrected chi connectivity index (χ0v) is 11.0. The average molecular weight is 234 g/mol. The van der Waals surface area contributed by atoms with Gasteiger partial charge in [-0.3, -0.25) is 4.98 Å². The lowest BCUT2D eigenvalue weighted by Gasteiger charge is -2.28. The Bertz CT molecular complexity index is 372. The zero-order chi connectivity index (χ0) is 12.3. The molecule has 0 aliphatic carbocycles. The summed E-state index contributed by atoms with van der Waals surface area (Å²) in [5.41, 5.74) is 2.01. The van der Waals surface area contributed by atoms with Gasteiger partial charge in [-0.25, -0.2) is 4.98 Å². The van der Waals surface area contributed by atoms with Gasteiger partial charge in [0.05, 0.1) is 11.4 Å². The van der Waals surface area contributed by atoms with Crippen LogP contribution < -0.4 is 10.2 Å². The van der Waals surface area contributed by atoms with E-state index in [-0.39, 0.29) is 0 Å². The first-order valence-corrected chi connectivity index (χ1v) is 6.39. The topological polar surface area (TPSA) is 41.1 Å². The van der Waals surface area contributed by atoms with E-state index in [9.17, 15) is 0 Å². The molecule has 0 bridgehead atoms. The van der Waals surface area contributed by atoms with E-state index in [2.05, 4.69) is 27.2 Å². The van der Waals surface area contributed by atoms with Crippen molar-refractivity contribution in [2.45, 2.75) is 26.7 Å². The quantitative estimate of drug-likeness (QED) is 0.861. The van der Waals surface area contributed by atoms with Crippen LogP contribution >= 0.6 is 0 Å². The maximum Gasteiger partial charge on any atom is 0.150 e. The van der Waals surface area contributed by atoms with Crippen molar-refractivity contribution in [3.8, 4) is 0 Å². The van der Waals surface area contributed by atoms with Crippen LogP contribution in [0.1, 0.15) is 24.2 Å². The molecule has 17 heavy (non-hydrogen) atoms. The fraction of sp³-hybridized carbons (Fsp3) is 0.692. The molecule has 2 rings (SSSR count). The van der Waals surface area contributed by atoms with Crippen molar-refractivity contribution in [2.24, 2.45) is 5.92 Å². The molecule has 1 N–H and O–H groups in total. The first-order chi connectivity index (χ1) is 8.16. The molecule has 0 aromatic carbocycles. The van der Waals surface area contributed by atoms with Crippen LogP contribution in [0, 0.1) is 19.8 Å². The summed E-state index contributed by atoms with van der Waals surface area (Å²) in [5, 5.41) is 3.40. The highest BCUT2D eigenvalue weighted by molar-refractivity contribution is 5.42. The Labute approximate surface area is 103 Å². The molecular weight excluding hydrogens is 212 g/mol. The molecule has 1 aliphatic heterocycles. The number of nitrogens with one attached hydrogen (secondary N) is 1. The fourth-order valence-electron chi connectivity index (χ4n) is 2.42. The molecule has 0 saturated carbocycles.